The Labute approximate surface area is 126 Å². The molecule has 0 radical (unpaired) electrons. The van der Waals surface area contributed by atoms with Crippen molar-refractivity contribution >= 4 is 15.9 Å². The second kappa shape index (κ2) is 5.69. The largest absolute Gasteiger partial charge is 0.453 e. The minimum atomic E-state index is 0.196. The van der Waals surface area contributed by atoms with E-state index in [1.54, 1.807) is 0 Å². The number of aromatic nitrogens is 3. The predicted octanol–water partition coefficient (Wildman–Crippen LogP) is 2.86. The fourth-order valence-corrected chi connectivity index (χ4v) is 2.96. The van der Waals surface area contributed by atoms with Gasteiger partial charge in [0.05, 0.1) is 12.6 Å². The van der Waals surface area contributed by atoms with E-state index in [1.807, 2.05) is 16.8 Å². The zero-order chi connectivity index (χ0) is 14.1. The summed E-state index contributed by atoms with van der Waals surface area (Å²) in [6.45, 7) is 5.10. The third-order valence-corrected chi connectivity index (χ3v) is 4.15. The number of nitrogens with one attached hydrogen (secondary N) is 1. The third-order valence-electron chi connectivity index (χ3n) is 3.72. The number of hydrogen-bond acceptors (Lipinski definition) is 4. The van der Waals surface area contributed by atoms with E-state index in [0.717, 1.165) is 47.9 Å². The summed E-state index contributed by atoms with van der Waals surface area (Å²) >= 11 is 3.34. The van der Waals surface area contributed by atoms with Crippen LogP contribution >= 0.6 is 15.9 Å². The first-order valence-electron chi connectivity index (χ1n) is 7.09. The summed E-state index contributed by atoms with van der Waals surface area (Å²) in [6, 6.07) is 4.53. The van der Waals surface area contributed by atoms with Gasteiger partial charge >= 0.3 is 0 Å². The van der Waals surface area contributed by atoms with Gasteiger partial charge in [0.25, 0.3) is 0 Å². The number of rotatable bonds is 4. The Morgan fingerprint density at radius 1 is 1.55 bits per heavy atom. The summed E-state index contributed by atoms with van der Waals surface area (Å²) in [5.41, 5.74) is 0. The van der Waals surface area contributed by atoms with Gasteiger partial charge in [-0.15, -0.1) is 0 Å². The van der Waals surface area contributed by atoms with Crippen LogP contribution in [-0.2, 0) is 19.4 Å². The maximum atomic E-state index is 5.60. The lowest BCUT2D eigenvalue weighted by atomic mass is 10.1. The van der Waals surface area contributed by atoms with Crippen molar-refractivity contribution in [3.8, 4) is 0 Å². The fraction of sp³-hybridized carbons (Fsp3) is 0.571. The Morgan fingerprint density at radius 3 is 3.10 bits per heavy atom. The highest BCUT2D eigenvalue weighted by Gasteiger charge is 2.23. The monoisotopic (exact) mass is 338 g/mol. The smallest absolute Gasteiger partial charge is 0.169 e. The van der Waals surface area contributed by atoms with E-state index in [2.05, 4.69) is 45.2 Å². The summed E-state index contributed by atoms with van der Waals surface area (Å²) < 4.78 is 8.42. The Hall–Kier alpha value is -1.14. The molecule has 0 aromatic carbocycles. The van der Waals surface area contributed by atoms with Gasteiger partial charge in [0, 0.05) is 18.9 Å². The second-order valence-electron chi connectivity index (χ2n) is 5.25. The molecule has 1 aliphatic heterocycles. The summed E-state index contributed by atoms with van der Waals surface area (Å²) in [5, 5.41) is 8.15. The Morgan fingerprint density at radius 2 is 2.40 bits per heavy atom. The Balaban J connectivity index is 1.65. The van der Waals surface area contributed by atoms with E-state index in [-0.39, 0.29) is 6.04 Å². The average Bonchev–Trinajstić information content (AvgIpc) is 3.03. The highest BCUT2D eigenvalue weighted by Crippen LogP contribution is 2.22. The maximum Gasteiger partial charge on any atom is 0.169 e. The first-order chi connectivity index (χ1) is 9.65. The molecule has 2 aromatic rings. The highest BCUT2D eigenvalue weighted by atomic mass is 79.9. The van der Waals surface area contributed by atoms with Gasteiger partial charge in [0.15, 0.2) is 10.5 Å². The van der Waals surface area contributed by atoms with Crippen molar-refractivity contribution in [1.82, 2.24) is 20.1 Å². The van der Waals surface area contributed by atoms with Gasteiger partial charge in [-0.05, 0) is 41.4 Å². The number of nitrogens with zero attached hydrogens (tertiary/aromatic N) is 3. The molecule has 0 aliphatic carbocycles. The number of fused-ring (bicyclic) bond motifs is 1. The molecule has 1 N–H and O–H groups in total. The third kappa shape index (κ3) is 2.81. The van der Waals surface area contributed by atoms with Gasteiger partial charge in [-0.25, -0.2) is 9.67 Å². The molecule has 2 aromatic heterocycles. The quantitative estimate of drug-likeness (QED) is 0.931. The van der Waals surface area contributed by atoms with E-state index in [4.69, 9.17) is 4.42 Å². The number of hydrogen-bond donors (Lipinski definition) is 1. The Bertz CT molecular complexity index is 592. The van der Waals surface area contributed by atoms with E-state index < -0.39 is 0 Å². The number of halogens is 1. The van der Waals surface area contributed by atoms with E-state index in [1.165, 1.54) is 0 Å². The molecule has 2 atom stereocenters. The molecular weight excluding hydrogens is 320 g/mol. The first-order valence-corrected chi connectivity index (χ1v) is 7.89. The highest BCUT2D eigenvalue weighted by molar-refractivity contribution is 9.10. The van der Waals surface area contributed by atoms with Crippen molar-refractivity contribution in [3.05, 3.63) is 34.2 Å². The molecule has 3 rings (SSSR count). The van der Waals surface area contributed by atoms with Gasteiger partial charge in [-0.2, -0.15) is 5.10 Å². The van der Waals surface area contributed by atoms with Crippen LogP contribution in [0, 0.1) is 0 Å². The minimum absolute atomic E-state index is 0.196. The van der Waals surface area contributed by atoms with Crippen LogP contribution in [0.15, 0.2) is 21.2 Å². The van der Waals surface area contributed by atoms with Crippen molar-refractivity contribution in [3.63, 3.8) is 0 Å². The van der Waals surface area contributed by atoms with Crippen LogP contribution in [-0.4, -0.2) is 20.8 Å². The molecular formula is C14H19BrN4O. The molecule has 1 aliphatic rings. The van der Waals surface area contributed by atoms with Crippen molar-refractivity contribution < 1.29 is 4.42 Å². The number of furan rings is 1. The standard InChI is InChI=1S/C14H19BrN4O/c1-3-13-17-14-7-4-10(8-19(14)18-13)16-9(2)11-5-6-12(15)20-11/h5-6,9-10,16H,3-4,7-8H2,1-2H3/t9-,10-/m0/s1. The van der Waals surface area contributed by atoms with Gasteiger partial charge in [-0.3, -0.25) is 0 Å². The van der Waals surface area contributed by atoms with E-state index in [0.29, 0.717) is 6.04 Å². The SMILES string of the molecule is CCc1nc2n(n1)C[C@@H](N[C@@H](C)c1ccc(Br)o1)CC2. The van der Waals surface area contributed by atoms with Gasteiger partial charge in [0.2, 0.25) is 0 Å². The molecule has 20 heavy (non-hydrogen) atoms. The van der Waals surface area contributed by atoms with Crippen molar-refractivity contribution in [2.75, 3.05) is 0 Å². The van der Waals surface area contributed by atoms with Crippen LogP contribution < -0.4 is 5.32 Å². The van der Waals surface area contributed by atoms with Crippen molar-refractivity contribution in [1.29, 1.82) is 0 Å². The maximum absolute atomic E-state index is 5.60. The molecule has 5 nitrogen and oxygen atoms in total. The summed E-state index contributed by atoms with van der Waals surface area (Å²) in [6.07, 6.45) is 2.97. The normalized spacial score (nSPS) is 19.9. The van der Waals surface area contributed by atoms with Crippen LogP contribution in [0.25, 0.3) is 0 Å². The molecule has 0 saturated heterocycles. The second-order valence-corrected chi connectivity index (χ2v) is 6.03. The van der Waals surface area contributed by atoms with Gasteiger partial charge in [0.1, 0.15) is 11.6 Å². The van der Waals surface area contributed by atoms with Gasteiger partial charge < -0.3 is 9.73 Å². The molecule has 0 unspecified atom stereocenters. The zero-order valence-corrected chi connectivity index (χ0v) is 13.4. The molecule has 108 valence electrons. The first kappa shape index (κ1) is 13.8. The molecule has 0 amide bonds. The van der Waals surface area contributed by atoms with Crippen LogP contribution in [0.3, 0.4) is 0 Å². The predicted molar refractivity (Wildman–Crippen MR) is 79.5 cm³/mol. The van der Waals surface area contributed by atoms with Crippen molar-refractivity contribution in [2.45, 2.75) is 51.7 Å². The molecule has 0 fully saturated rings. The van der Waals surface area contributed by atoms with Crippen LogP contribution in [0.1, 0.15) is 43.7 Å². The van der Waals surface area contributed by atoms with Crippen LogP contribution in [0.2, 0.25) is 0 Å². The zero-order valence-electron chi connectivity index (χ0n) is 11.8. The molecule has 0 spiro atoms. The molecule has 3 heterocycles. The van der Waals surface area contributed by atoms with Crippen LogP contribution in [0.4, 0.5) is 0 Å². The lowest BCUT2D eigenvalue weighted by Crippen LogP contribution is -2.39. The van der Waals surface area contributed by atoms with Crippen molar-refractivity contribution in [2.24, 2.45) is 0 Å². The number of aryl methyl sites for hydroxylation is 2. The molecule has 6 heteroatoms. The summed E-state index contributed by atoms with van der Waals surface area (Å²) in [4.78, 5) is 4.54. The lowest BCUT2D eigenvalue weighted by molar-refractivity contribution is 0.312. The molecule has 0 saturated carbocycles. The summed E-state index contributed by atoms with van der Waals surface area (Å²) in [7, 11) is 0. The van der Waals surface area contributed by atoms with E-state index >= 15 is 0 Å². The topological polar surface area (TPSA) is 55.9 Å². The Kier molecular flexibility index (Phi) is 3.94. The lowest BCUT2D eigenvalue weighted by Gasteiger charge is -2.26. The minimum Gasteiger partial charge on any atom is -0.453 e. The van der Waals surface area contributed by atoms with Crippen LogP contribution in [0.5, 0.6) is 0 Å². The fourth-order valence-electron chi connectivity index (χ4n) is 2.64. The van der Waals surface area contributed by atoms with Gasteiger partial charge in [-0.1, -0.05) is 6.92 Å². The average molecular weight is 339 g/mol. The summed E-state index contributed by atoms with van der Waals surface area (Å²) in [5.74, 6) is 3.02. The van der Waals surface area contributed by atoms with E-state index in [9.17, 15) is 0 Å². The molecule has 0 bridgehead atoms.